The van der Waals surface area contributed by atoms with E-state index in [9.17, 15) is 14.4 Å². The number of rotatable bonds is 6. The van der Waals surface area contributed by atoms with Crippen LogP contribution in [0.1, 0.15) is 26.2 Å². The Morgan fingerprint density at radius 2 is 1.79 bits per heavy atom. The van der Waals surface area contributed by atoms with Crippen molar-refractivity contribution in [1.82, 2.24) is 5.32 Å². The molecule has 0 saturated carbocycles. The molecule has 0 aliphatic heterocycles. The second kappa shape index (κ2) is 5.95. The molecule has 0 radical (unpaired) electrons. The summed E-state index contributed by atoms with van der Waals surface area (Å²) in [6.07, 6.45) is -0.341. The van der Waals surface area contributed by atoms with E-state index in [2.05, 4.69) is 5.32 Å². The summed E-state index contributed by atoms with van der Waals surface area (Å²) in [6.45, 7) is 1.63. The zero-order valence-electron chi connectivity index (χ0n) is 7.82. The summed E-state index contributed by atoms with van der Waals surface area (Å²) in [5.74, 6) is -2.74. The molecule has 1 amide bonds. The maximum Gasteiger partial charge on any atom is 0.312 e. The van der Waals surface area contributed by atoms with Crippen LogP contribution in [0.3, 0.4) is 0 Å². The van der Waals surface area contributed by atoms with Gasteiger partial charge in [-0.15, -0.1) is 0 Å². The van der Waals surface area contributed by atoms with Gasteiger partial charge in [0, 0.05) is 12.5 Å². The summed E-state index contributed by atoms with van der Waals surface area (Å²) in [4.78, 5) is 31.1. The lowest BCUT2D eigenvalue weighted by atomic mass is 10.2. The molecule has 0 saturated heterocycles. The van der Waals surface area contributed by atoms with Crippen molar-refractivity contribution in [3.05, 3.63) is 0 Å². The van der Waals surface area contributed by atoms with Crippen LogP contribution in [0.15, 0.2) is 0 Å². The Labute approximate surface area is 80.9 Å². The summed E-state index contributed by atoms with van der Waals surface area (Å²) in [5, 5.41) is 19.0. The average molecular weight is 203 g/mol. The Morgan fingerprint density at radius 1 is 1.21 bits per heavy atom. The first-order valence-electron chi connectivity index (χ1n) is 4.14. The lowest BCUT2D eigenvalue weighted by Crippen LogP contribution is -2.34. The highest BCUT2D eigenvalue weighted by Gasteiger charge is 2.11. The summed E-state index contributed by atoms with van der Waals surface area (Å²) in [6, 6.07) is -0.321. The SMILES string of the molecule is C[C@H](CCC(=O)O)NC(=O)CC(=O)O. The maximum atomic E-state index is 10.9. The van der Waals surface area contributed by atoms with Gasteiger partial charge in [-0.2, -0.15) is 0 Å². The summed E-state index contributed by atoms with van der Waals surface area (Å²) >= 11 is 0. The van der Waals surface area contributed by atoms with Crippen LogP contribution in [0.2, 0.25) is 0 Å². The van der Waals surface area contributed by atoms with Gasteiger partial charge in [0.25, 0.3) is 0 Å². The molecule has 1 atom stereocenters. The van der Waals surface area contributed by atoms with Crippen molar-refractivity contribution in [2.75, 3.05) is 0 Å². The second-order valence-electron chi connectivity index (χ2n) is 2.97. The molecule has 0 fully saturated rings. The van der Waals surface area contributed by atoms with Crippen LogP contribution < -0.4 is 5.32 Å². The van der Waals surface area contributed by atoms with E-state index >= 15 is 0 Å². The molecular weight excluding hydrogens is 190 g/mol. The molecule has 0 unspecified atom stereocenters. The van der Waals surface area contributed by atoms with Gasteiger partial charge in [-0.1, -0.05) is 0 Å². The molecule has 0 rings (SSSR count). The molecule has 3 N–H and O–H groups in total. The fourth-order valence-electron chi connectivity index (χ4n) is 0.875. The molecule has 0 spiro atoms. The topological polar surface area (TPSA) is 104 Å². The number of carbonyl (C=O) groups is 3. The quantitative estimate of drug-likeness (QED) is 0.520. The number of nitrogens with one attached hydrogen (secondary N) is 1. The molecule has 0 aromatic carbocycles. The van der Waals surface area contributed by atoms with Gasteiger partial charge in [-0.05, 0) is 13.3 Å². The second-order valence-corrected chi connectivity index (χ2v) is 2.97. The molecule has 0 aliphatic carbocycles. The van der Waals surface area contributed by atoms with Gasteiger partial charge in [0.2, 0.25) is 5.91 Å². The van der Waals surface area contributed by atoms with E-state index in [0.29, 0.717) is 6.42 Å². The molecule has 0 aromatic rings. The number of aliphatic carboxylic acids is 2. The third-order valence-electron chi connectivity index (χ3n) is 1.51. The zero-order chi connectivity index (χ0) is 11.1. The summed E-state index contributed by atoms with van der Waals surface area (Å²) < 4.78 is 0. The minimum absolute atomic E-state index is 0.0471. The molecule has 0 bridgehead atoms. The maximum absolute atomic E-state index is 10.9. The Kier molecular flexibility index (Phi) is 5.28. The molecule has 6 heteroatoms. The van der Waals surface area contributed by atoms with E-state index in [1.165, 1.54) is 0 Å². The highest BCUT2D eigenvalue weighted by molar-refractivity contribution is 5.93. The Morgan fingerprint density at radius 3 is 2.21 bits per heavy atom. The van der Waals surface area contributed by atoms with Crippen molar-refractivity contribution >= 4 is 17.8 Å². The van der Waals surface area contributed by atoms with Gasteiger partial charge in [0.1, 0.15) is 6.42 Å². The normalized spacial score (nSPS) is 11.8. The average Bonchev–Trinajstić information content (AvgIpc) is 1.98. The van der Waals surface area contributed by atoms with Crippen LogP contribution in [0.4, 0.5) is 0 Å². The summed E-state index contributed by atoms with van der Waals surface area (Å²) in [5.41, 5.74) is 0. The number of carboxylic acids is 2. The highest BCUT2D eigenvalue weighted by Crippen LogP contribution is 1.96. The number of hydrogen-bond donors (Lipinski definition) is 3. The van der Waals surface area contributed by atoms with E-state index < -0.39 is 24.3 Å². The number of amides is 1. The van der Waals surface area contributed by atoms with E-state index in [-0.39, 0.29) is 12.5 Å². The molecule has 0 aromatic heterocycles. The standard InChI is InChI=1S/C8H13NO5/c1-5(2-3-7(11)12)9-6(10)4-8(13)14/h5H,2-4H2,1H3,(H,9,10)(H,11,12)(H,13,14)/t5-/m1/s1. The van der Waals surface area contributed by atoms with Crippen molar-refractivity contribution in [2.24, 2.45) is 0 Å². The molecule has 0 heterocycles. The summed E-state index contributed by atoms with van der Waals surface area (Å²) in [7, 11) is 0. The van der Waals surface area contributed by atoms with E-state index in [1.54, 1.807) is 6.92 Å². The van der Waals surface area contributed by atoms with Gasteiger partial charge in [0.05, 0.1) is 0 Å². The van der Waals surface area contributed by atoms with Crippen molar-refractivity contribution < 1.29 is 24.6 Å². The Hall–Kier alpha value is -1.59. The fourth-order valence-corrected chi connectivity index (χ4v) is 0.875. The predicted octanol–water partition coefficient (Wildman–Crippen LogP) is -0.169. The van der Waals surface area contributed by atoms with Crippen molar-refractivity contribution in [1.29, 1.82) is 0 Å². The first-order chi connectivity index (χ1) is 6.41. The lowest BCUT2D eigenvalue weighted by molar-refractivity contribution is -0.141. The van der Waals surface area contributed by atoms with Crippen molar-refractivity contribution in [2.45, 2.75) is 32.2 Å². The first kappa shape index (κ1) is 12.4. The van der Waals surface area contributed by atoms with Crippen LogP contribution in [0, 0.1) is 0 Å². The largest absolute Gasteiger partial charge is 0.481 e. The van der Waals surface area contributed by atoms with Gasteiger partial charge < -0.3 is 15.5 Å². The number of hydrogen-bond acceptors (Lipinski definition) is 3. The Bertz CT molecular complexity index is 238. The van der Waals surface area contributed by atoms with Crippen molar-refractivity contribution in [3.63, 3.8) is 0 Å². The van der Waals surface area contributed by atoms with Crippen LogP contribution in [-0.4, -0.2) is 34.1 Å². The van der Waals surface area contributed by atoms with Crippen LogP contribution in [-0.2, 0) is 14.4 Å². The monoisotopic (exact) mass is 203 g/mol. The minimum atomic E-state index is -1.20. The predicted molar refractivity (Wildman–Crippen MR) is 46.7 cm³/mol. The van der Waals surface area contributed by atoms with Gasteiger partial charge >= 0.3 is 11.9 Å². The minimum Gasteiger partial charge on any atom is -0.481 e. The van der Waals surface area contributed by atoms with E-state index in [0.717, 1.165) is 0 Å². The number of carbonyl (C=O) groups excluding carboxylic acids is 1. The van der Waals surface area contributed by atoms with E-state index in [4.69, 9.17) is 10.2 Å². The van der Waals surface area contributed by atoms with E-state index in [1.807, 2.05) is 0 Å². The fraction of sp³-hybridized carbons (Fsp3) is 0.625. The third-order valence-corrected chi connectivity index (χ3v) is 1.51. The van der Waals surface area contributed by atoms with Gasteiger partial charge in [-0.25, -0.2) is 0 Å². The molecule has 14 heavy (non-hydrogen) atoms. The number of carboxylic acid groups (broad SMARTS) is 2. The first-order valence-corrected chi connectivity index (χ1v) is 4.14. The smallest absolute Gasteiger partial charge is 0.312 e. The van der Waals surface area contributed by atoms with Gasteiger partial charge in [0.15, 0.2) is 0 Å². The Balaban J connectivity index is 3.71. The van der Waals surface area contributed by atoms with Crippen LogP contribution in [0.5, 0.6) is 0 Å². The highest BCUT2D eigenvalue weighted by atomic mass is 16.4. The lowest BCUT2D eigenvalue weighted by Gasteiger charge is -2.11. The molecule has 6 nitrogen and oxygen atoms in total. The van der Waals surface area contributed by atoms with Gasteiger partial charge in [-0.3, -0.25) is 14.4 Å². The molecule has 0 aliphatic rings. The molecule has 80 valence electrons. The third kappa shape index (κ3) is 7.08. The van der Waals surface area contributed by atoms with Crippen LogP contribution in [0.25, 0.3) is 0 Å². The van der Waals surface area contributed by atoms with Crippen LogP contribution >= 0.6 is 0 Å². The molecular formula is C8H13NO5. The zero-order valence-corrected chi connectivity index (χ0v) is 7.82. The van der Waals surface area contributed by atoms with Crippen molar-refractivity contribution in [3.8, 4) is 0 Å².